The van der Waals surface area contributed by atoms with Crippen molar-refractivity contribution in [3.63, 3.8) is 0 Å². The van der Waals surface area contributed by atoms with Gasteiger partial charge < -0.3 is 15.2 Å². The molecule has 1 fully saturated rings. The van der Waals surface area contributed by atoms with Crippen LogP contribution in [0.3, 0.4) is 0 Å². The summed E-state index contributed by atoms with van der Waals surface area (Å²) in [6.07, 6.45) is 2.72. The summed E-state index contributed by atoms with van der Waals surface area (Å²) in [5.41, 5.74) is 1.34. The van der Waals surface area contributed by atoms with Crippen molar-refractivity contribution < 1.29 is 4.39 Å². The van der Waals surface area contributed by atoms with Gasteiger partial charge in [-0.1, -0.05) is 6.07 Å². The van der Waals surface area contributed by atoms with E-state index in [-0.39, 0.29) is 12.1 Å². The van der Waals surface area contributed by atoms with Gasteiger partial charge in [0, 0.05) is 30.6 Å². The van der Waals surface area contributed by atoms with E-state index in [1.807, 2.05) is 0 Å². The number of hydrogen-bond donors (Lipinski definition) is 2. The first kappa shape index (κ1) is 17.6. The van der Waals surface area contributed by atoms with Gasteiger partial charge in [0.2, 0.25) is 11.5 Å². The largest absolute Gasteiger partial charge is 0.352 e. The number of hydrogen-bond acceptors (Lipinski definition) is 7. The molecule has 2 N–H and O–H groups in total. The van der Waals surface area contributed by atoms with Crippen molar-refractivity contribution in [3.8, 4) is 17.3 Å². The minimum Gasteiger partial charge on any atom is -0.352 e. The van der Waals surface area contributed by atoms with Crippen LogP contribution < -0.4 is 15.8 Å². The summed E-state index contributed by atoms with van der Waals surface area (Å²) in [6.45, 7) is 0.789. The quantitative estimate of drug-likeness (QED) is 0.718. The van der Waals surface area contributed by atoms with Crippen LogP contribution in [0.4, 0.5) is 22.0 Å². The lowest BCUT2D eigenvalue weighted by atomic mass is 10.1. The van der Waals surface area contributed by atoms with Crippen molar-refractivity contribution in [2.75, 3.05) is 23.3 Å². The van der Waals surface area contributed by atoms with E-state index >= 15 is 0 Å². The number of rotatable bonds is 4. The smallest absolute Gasteiger partial charge is 0.249 e. The lowest BCUT2D eigenvalue weighted by Gasteiger charge is -2.18. The highest BCUT2D eigenvalue weighted by atomic mass is 19.1. The number of aromatic nitrogens is 4. The third-order valence-corrected chi connectivity index (χ3v) is 4.38. The van der Waals surface area contributed by atoms with E-state index in [1.54, 1.807) is 41.6 Å². The number of alkyl halides is 1. The molecular formula is C19H16FN7O. The Kier molecular flexibility index (Phi) is 4.68. The van der Waals surface area contributed by atoms with E-state index in [4.69, 9.17) is 0 Å². The minimum absolute atomic E-state index is 0.239. The lowest BCUT2D eigenvalue weighted by Crippen LogP contribution is -2.22. The Hall–Kier alpha value is -3.80. The molecule has 0 amide bonds. The summed E-state index contributed by atoms with van der Waals surface area (Å²) in [6, 6.07) is 10.2. The molecule has 1 aliphatic heterocycles. The molecule has 4 heterocycles. The highest BCUT2D eigenvalue weighted by molar-refractivity contribution is 5.67. The standard InChI is InChI=1S/C19H16FN7O/c20-14-5-7-27(11-14)18-12(9-21)8-13(10-23-18)15-4-6-22-19(24-15)26-16-2-1-3-17(28)25-16/h1-4,6,8,10,14H,5,7,11H2,(H2,22,24,25,26,28). The van der Waals surface area contributed by atoms with E-state index in [9.17, 15) is 14.4 Å². The van der Waals surface area contributed by atoms with Gasteiger partial charge >= 0.3 is 0 Å². The average Bonchev–Trinajstić information content (AvgIpc) is 3.14. The Bertz CT molecular complexity index is 1110. The molecule has 1 atom stereocenters. The molecule has 28 heavy (non-hydrogen) atoms. The van der Waals surface area contributed by atoms with Crippen LogP contribution in [0.1, 0.15) is 12.0 Å². The maximum absolute atomic E-state index is 13.5. The Morgan fingerprint density at radius 3 is 2.96 bits per heavy atom. The van der Waals surface area contributed by atoms with Crippen LogP contribution in [0.2, 0.25) is 0 Å². The van der Waals surface area contributed by atoms with Gasteiger partial charge in [0.15, 0.2) is 0 Å². The topological polar surface area (TPSA) is 111 Å². The normalized spacial score (nSPS) is 16.0. The first-order chi connectivity index (χ1) is 13.6. The number of nitriles is 1. The monoisotopic (exact) mass is 377 g/mol. The van der Waals surface area contributed by atoms with Crippen LogP contribution in [0.25, 0.3) is 11.3 Å². The predicted molar refractivity (Wildman–Crippen MR) is 102 cm³/mol. The molecule has 0 saturated carbocycles. The van der Waals surface area contributed by atoms with Gasteiger partial charge in [-0.05, 0) is 24.6 Å². The number of aromatic amines is 1. The summed E-state index contributed by atoms with van der Waals surface area (Å²) in [5.74, 6) is 1.24. The molecule has 1 saturated heterocycles. The Morgan fingerprint density at radius 1 is 1.32 bits per heavy atom. The van der Waals surface area contributed by atoms with Crippen molar-refractivity contribution in [3.05, 3.63) is 58.6 Å². The number of pyridine rings is 2. The molecular weight excluding hydrogens is 361 g/mol. The third-order valence-electron chi connectivity index (χ3n) is 4.38. The van der Waals surface area contributed by atoms with E-state index in [1.165, 1.54) is 6.07 Å². The molecule has 1 aliphatic rings. The second-order valence-corrected chi connectivity index (χ2v) is 6.36. The van der Waals surface area contributed by atoms with Gasteiger partial charge in [-0.15, -0.1) is 0 Å². The fraction of sp³-hybridized carbons (Fsp3) is 0.211. The van der Waals surface area contributed by atoms with Crippen LogP contribution in [0.15, 0.2) is 47.5 Å². The average molecular weight is 377 g/mol. The van der Waals surface area contributed by atoms with Gasteiger partial charge in [0.05, 0.1) is 17.8 Å². The predicted octanol–water partition coefficient (Wildman–Crippen LogP) is 2.39. The van der Waals surface area contributed by atoms with Crippen molar-refractivity contribution >= 4 is 17.6 Å². The van der Waals surface area contributed by atoms with Crippen LogP contribution in [-0.2, 0) is 0 Å². The molecule has 0 radical (unpaired) electrons. The Labute approximate surface area is 159 Å². The maximum atomic E-state index is 13.5. The molecule has 0 spiro atoms. The fourth-order valence-electron chi connectivity index (χ4n) is 3.06. The molecule has 140 valence electrons. The Morgan fingerprint density at radius 2 is 2.21 bits per heavy atom. The molecule has 4 rings (SSSR count). The summed E-state index contributed by atoms with van der Waals surface area (Å²) in [7, 11) is 0. The van der Waals surface area contributed by atoms with Crippen molar-refractivity contribution in [2.45, 2.75) is 12.6 Å². The number of nitrogens with one attached hydrogen (secondary N) is 2. The molecule has 1 unspecified atom stereocenters. The highest BCUT2D eigenvalue weighted by Gasteiger charge is 2.25. The lowest BCUT2D eigenvalue weighted by molar-refractivity contribution is 0.364. The molecule has 8 nitrogen and oxygen atoms in total. The fourth-order valence-corrected chi connectivity index (χ4v) is 3.06. The number of halogens is 1. The molecule has 0 aromatic carbocycles. The Balaban J connectivity index is 1.62. The number of anilines is 3. The van der Waals surface area contributed by atoms with Crippen molar-refractivity contribution in [1.82, 2.24) is 19.9 Å². The minimum atomic E-state index is -0.895. The van der Waals surface area contributed by atoms with Crippen LogP contribution in [-0.4, -0.2) is 39.2 Å². The van der Waals surface area contributed by atoms with Crippen molar-refractivity contribution in [2.24, 2.45) is 0 Å². The van der Waals surface area contributed by atoms with Gasteiger partial charge in [-0.3, -0.25) is 4.79 Å². The van der Waals surface area contributed by atoms with Gasteiger partial charge in [0.25, 0.3) is 0 Å². The zero-order valence-corrected chi connectivity index (χ0v) is 14.8. The summed E-state index contributed by atoms with van der Waals surface area (Å²) in [4.78, 5) is 28.8. The molecule has 9 heteroatoms. The van der Waals surface area contributed by atoms with Crippen LogP contribution in [0, 0.1) is 11.3 Å². The van der Waals surface area contributed by atoms with E-state index in [0.717, 1.165) is 0 Å². The van der Waals surface area contributed by atoms with Gasteiger partial charge in [0.1, 0.15) is 23.9 Å². The van der Waals surface area contributed by atoms with Crippen LogP contribution >= 0.6 is 0 Å². The molecule has 3 aromatic rings. The summed E-state index contributed by atoms with van der Waals surface area (Å²) >= 11 is 0. The number of nitrogens with zero attached hydrogens (tertiary/aromatic N) is 5. The molecule has 3 aromatic heterocycles. The van der Waals surface area contributed by atoms with E-state index < -0.39 is 6.17 Å². The number of H-pyrrole nitrogens is 1. The first-order valence-electron chi connectivity index (χ1n) is 8.71. The first-order valence-corrected chi connectivity index (χ1v) is 8.71. The van der Waals surface area contributed by atoms with Gasteiger partial charge in [-0.2, -0.15) is 5.26 Å². The second kappa shape index (κ2) is 7.44. The SMILES string of the molecule is N#Cc1cc(-c2ccnc(Nc3cccc(=O)[nH]3)n2)cnc1N1CCC(F)C1. The third kappa shape index (κ3) is 3.66. The maximum Gasteiger partial charge on any atom is 0.249 e. The summed E-state index contributed by atoms with van der Waals surface area (Å²) < 4.78 is 13.5. The molecule has 0 aliphatic carbocycles. The van der Waals surface area contributed by atoms with E-state index in [2.05, 4.69) is 31.3 Å². The van der Waals surface area contributed by atoms with Gasteiger partial charge in [-0.25, -0.2) is 19.3 Å². The zero-order chi connectivity index (χ0) is 19.5. The highest BCUT2D eigenvalue weighted by Crippen LogP contribution is 2.27. The van der Waals surface area contributed by atoms with E-state index in [0.29, 0.717) is 47.4 Å². The zero-order valence-electron chi connectivity index (χ0n) is 14.8. The second-order valence-electron chi connectivity index (χ2n) is 6.36. The summed E-state index contributed by atoms with van der Waals surface area (Å²) in [5, 5.41) is 12.4. The molecule has 0 bridgehead atoms. The van der Waals surface area contributed by atoms with Crippen LogP contribution in [0.5, 0.6) is 0 Å². The van der Waals surface area contributed by atoms with Crippen molar-refractivity contribution in [1.29, 1.82) is 5.26 Å².